The molecule has 0 unspecified atom stereocenters. The summed E-state index contributed by atoms with van der Waals surface area (Å²) >= 11 is 0. The molecule has 5 aromatic rings. The number of benzene rings is 3. The summed E-state index contributed by atoms with van der Waals surface area (Å²) in [5.41, 5.74) is 0.510. The quantitative estimate of drug-likeness (QED) is 0.198. The van der Waals surface area contributed by atoms with E-state index in [4.69, 9.17) is 14.2 Å². The van der Waals surface area contributed by atoms with Crippen LogP contribution in [0.4, 0.5) is 30.8 Å². The number of ether oxygens (including phenoxy) is 3. The molecule has 68 heavy (non-hydrogen) atoms. The summed E-state index contributed by atoms with van der Waals surface area (Å²) in [6.07, 6.45) is 6.23. The molecule has 11 rings (SSSR count). The number of fused-ring (bicyclic) bond motifs is 2. The first-order chi connectivity index (χ1) is 32.6. The van der Waals surface area contributed by atoms with Gasteiger partial charge in [0, 0.05) is 83.2 Å². The van der Waals surface area contributed by atoms with Crippen LogP contribution in [0.2, 0.25) is 0 Å². The second-order valence-electron chi connectivity index (χ2n) is 19.1. The molecule has 356 valence electrons. The summed E-state index contributed by atoms with van der Waals surface area (Å²) in [5, 5.41) is 17.6. The summed E-state index contributed by atoms with van der Waals surface area (Å²) < 4.78 is 81.8. The number of likely N-dealkylation sites (tertiary alicyclic amines) is 1. The third kappa shape index (κ3) is 7.60. The van der Waals surface area contributed by atoms with Gasteiger partial charge in [0.2, 0.25) is 5.91 Å². The smallest absolute Gasteiger partial charge is 0.329 e. The molecule has 2 spiro atoms. The van der Waals surface area contributed by atoms with E-state index in [9.17, 15) is 28.1 Å². The zero-order chi connectivity index (χ0) is 47.3. The third-order valence-corrected chi connectivity index (χ3v) is 16.5. The monoisotopic (exact) mass is 953 g/mol. The molecule has 0 radical (unpaired) electrons. The van der Waals surface area contributed by atoms with Gasteiger partial charge in [-0.1, -0.05) is 0 Å². The van der Waals surface area contributed by atoms with E-state index in [2.05, 4.69) is 29.9 Å². The van der Waals surface area contributed by atoms with Gasteiger partial charge in [0.15, 0.2) is 17.4 Å². The average Bonchev–Trinajstić information content (AvgIpc) is 4.03. The van der Waals surface area contributed by atoms with Crippen molar-refractivity contribution in [3.63, 3.8) is 0 Å². The van der Waals surface area contributed by atoms with Crippen LogP contribution in [0.25, 0.3) is 21.8 Å². The SMILES string of the molecule is CO[C@@H]1CCN(S(=O)(=O)Nc2ccc(F)c(Oc3ccc4ncn([C@H]5COC6(CCN(C7CC8(C7)CN(c7cc9c(cc7F)c(N7CCC(=O)NC7=O)nn9C)C8)CC6)C5)c(=O)c4c3)c2C#N)C1. The molecule has 5 aliphatic heterocycles. The van der Waals surface area contributed by atoms with Crippen LogP contribution in [0.15, 0.2) is 53.6 Å². The Bertz CT molecular complexity index is 3120. The number of urea groups is 1. The highest BCUT2D eigenvalue weighted by molar-refractivity contribution is 7.90. The molecule has 19 nitrogen and oxygen atoms in total. The Morgan fingerprint density at radius 3 is 2.50 bits per heavy atom. The van der Waals surface area contributed by atoms with Gasteiger partial charge in [-0.15, -0.1) is 0 Å². The summed E-state index contributed by atoms with van der Waals surface area (Å²) in [6, 6.07) is 11.4. The Balaban J connectivity index is 0.709. The van der Waals surface area contributed by atoms with Crippen molar-refractivity contribution in [3.05, 3.63) is 76.3 Å². The molecule has 0 bridgehead atoms. The van der Waals surface area contributed by atoms with Gasteiger partial charge in [-0.05, 0) is 81.0 Å². The van der Waals surface area contributed by atoms with Gasteiger partial charge in [-0.3, -0.25) is 33.8 Å². The number of nitrogens with one attached hydrogen (secondary N) is 2. The van der Waals surface area contributed by atoms with Crippen LogP contribution in [0.3, 0.4) is 0 Å². The van der Waals surface area contributed by atoms with Crippen LogP contribution < -0.4 is 30.1 Å². The van der Waals surface area contributed by atoms with Gasteiger partial charge < -0.3 is 24.0 Å². The molecule has 22 heteroatoms. The van der Waals surface area contributed by atoms with E-state index in [0.29, 0.717) is 53.4 Å². The number of anilines is 3. The Morgan fingerprint density at radius 2 is 1.76 bits per heavy atom. The number of nitrogens with zero attached hydrogens (tertiary/aromatic N) is 9. The number of carbonyl (C=O) groups excluding carboxylic acids is 2. The molecule has 2 N–H and O–H groups in total. The lowest BCUT2D eigenvalue weighted by atomic mass is 9.59. The van der Waals surface area contributed by atoms with Crippen molar-refractivity contribution < 1.29 is 41.0 Å². The van der Waals surface area contributed by atoms with Crippen molar-refractivity contribution in [2.45, 2.75) is 68.7 Å². The topological polar surface area (TPSA) is 209 Å². The van der Waals surface area contributed by atoms with Gasteiger partial charge >= 0.3 is 16.2 Å². The van der Waals surface area contributed by atoms with Crippen molar-refractivity contribution in [3.8, 4) is 17.6 Å². The number of hydrogen-bond acceptors (Lipinski definition) is 13. The van der Waals surface area contributed by atoms with E-state index in [-0.39, 0.29) is 88.9 Å². The number of carbonyl (C=O) groups is 2. The third-order valence-electron chi connectivity index (χ3n) is 15.0. The fraction of sp³-hybridized carbons (Fsp3) is 0.478. The van der Waals surface area contributed by atoms with E-state index in [1.165, 1.54) is 40.8 Å². The molecule has 5 saturated heterocycles. The molecule has 2 atom stereocenters. The first kappa shape index (κ1) is 44.3. The van der Waals surface area contributed by atoms with Crippen LogP contribution in [-0.2, 0) is 31.5 Å². The number of rotatable bonds is 10. The van der Waals surface area contributed by atoms with Crippen molar-refractivity contribution >= 4 is 61.1 Å². The van der Waals surface area contributed by atoms with Crippen LogP contribution >= 0.6 is 0 Å². The fourth-order valence-electron chi connectivity index (χ4n) is 11.2. The largest absolute Gasteiger partial charge is 0.453 e. The van der Waals surface area contributed by atoms with E-state index < -0.39 is 27.8 Å². The highest BCUT2D eigenvalue weighted by atomic mass is 32.2. The number of amides is 3. The van der Waals surface area contributed by atoms with Crippen molar-refractivity contribution in [2.75, 3.05) is 74.1 Å². The van der Waals surface area contributed by atoms with E-state index in [0.717, 1.165) is 64.0 Å². The second kappa shape index (κ2) is 16.5. The average molecular weight is 954 g/mol. The van der Waals surface area contributed by atoms with E-state index in [1.807, 2.05) is 6.07 Å². The maximum Gasteiger partial charge on any atom is 0.329 e. The maximum atomic E-state index is 15.7. The van der Waals surface area contributed by atoms with Gasteiger partial charge in [-0.2, -0.15) is 23.1 Å². The molecule has 7 heterocycles. The number of methoxy groups -OCH3 is 1. The highest BCUT2D eigenvalue weighted by Crippen LogP contribution is 2.53. The molecule has 3 amide bonds. The van der Waals surface area contributed by atoms with Gasteiger partial charge in [0.25, 0.3) is 5.56 Å². The van der Waals surface area contributed by atoms with Crippen molar-refractivity contribution in [1.29, 1.82) is 5.26 Å². The summed E-state index contributed by atoms with van der Waals surface area (Å²) in [6.45, 7) is 4.09. The van der Waals surface area contributed by atoms with Crippen LogP contribution in [0, 0.1) is 28.4 Å². The number of imide groups is 1. The standard InChI is InChI=1S/C46H49F2N11O8S/c1-54-38-17-39(35(48)16-32(38)42(52-54)58-12-8-40(60)51-44(58)62)56-24-45(25-56)18-27(19-45)55-13-9-46(10-14-55)20-28(23-66-46)59-26-50-36-5-3-29(15-31(36)43(59)61)67-41-33(21-49)37(6-4-34(41)47)53-68(63,64)57-11-7-30(22-57)65-2/h3-6,15-17,26-28,30,53H,7-14,18-20,22-25H2,1-2H3,(H,51,60,62)/t28-,30-/m1/s1. The summed E-state index contributed by atoms with van der Waals surface area (Å²) in [7, 11) is -0.831. The van der Waals surface area contributed by atoms with Crippen molar-refractivity contribution in [1.82, 2.24) is 33.9 Å². The van der Waals surface area contributed by atoms with Crippen LogP contribution in [-0.4, -0.2) is 126 Å². The fourth-order valence-corrected chi connectivity index (χ4v) is 12.5. The minimum Gasteiger partial charge on any atom is -0.453 e. The Labute approximate surface area is 389 Å². The predicted molar refractivity (Wildman–Crippen MR) is 244 cm³/mol. The second-order valence-corrected chi connectivity index (χ2v) is 20.8. The minimum atomic E-state index is -4.10. The minimum absolute atomic E-state index is 0.0601. The molecule has 1 saturated carbocycles. The molecule has 6 aliphatic rings. The lowest BCUT2D eigenvalue weighted by molar-refractivity contribution is -0.120. The van der Waals surface area contributed by atoms with E-state index >= 15 is 8.78 Å². The Morgan fingerprint density at radius 1 is 0.971 bits per heavy atom. The number of nitriles is 1. The lowest BCUT2D eigenvalue weighted by Gasteiger charge is -2.62. The van der Waals surface area contributed by atoms with Crippen LogP contribution in [0.1, 0.15) is 56.6 Å². The molecular weight excluding hydrogens is 905 g/mol. The maximum absolute atomic E-state index is 15.7. The number of piperidine rings is 1. The van der Waals surface area contributed by atoms with Gasteiger partial charge in [0.1, 0.15) is 23.2 Å². The number of halogens is 2. The Hall–Kier alpha value is -6.25. The zero-order valence-electron chi connectivity index (χ0n) is 37.4. The molecule has 2 aromatic heterocycles. The molecular formula is C46H49F2N11O8S. The molecule has 6 fully saturated rings. The summed E-state index contributed by atoms with van der Waals surface area (Å²) in [4.78, 5) is 48.8. The number of hydrogen-bond donors (Lipinski definition) is 2. The normalized spacial score (nSPS) is 23.0. The predicted octanol–water partition coefficient (Wildman–Crippen LogP) is 4.51. The van der Waals surface area contributed by atoms with Crippen molar-refractivity contribution in [2.24, 2.45) is 12.5 Å². The lowest BCUT2D eigenvalue weighted by Crippen LogP contribution is -2.67. The Kier molecular flexibility index (Phi) is 10.7. The van der Waals surface area contributed by atoms with E-state index in [1.54, 1.807) is 28.4 Å². The molecule has 3 aromatic carbocycles. The van der Waals surface area contributed by atoms with Gasteiger partial charge in [-0.25, -0.2) is 18.6 Å². The van der Waals surface area contributed by atoms with Crippen LogP contribution in [0.5, 0.6) is 11.5 Å². The highest BCUT2D eigenvalue weighted by Gasteiger charge is 2.55. The first-order valence-electron chi connectivity index (χ1n) is 22.8. The van der Waals surface area contributed by atoms with Gasteiger partial charge in [0.05, 0.1) is 58.5 Å². The molecule has 1 aliphatic carbocycles. The number of aromatic nitrogens is 4. The zero-order valence-corrected chi connectivity index (χ0v) is 38.2. The number of aryl methyl sites for hydroxylation is 1. The summed E-state index contributed by atoms with van der Waals surface area (Å²) in [5.74, 6) is -1.72. The first-order valence-corrected chi connectivity index (χ1v) is 24.2.